The first-order valence-electron chi connectivity index (χ1n) is 6.30. The smallest absolute Gasteiger partial charge is 0.262 e. The van der Waals surface area contributed by atoms with E-state index < -0.39 is 0 Å². The number of aromatic nitrogens is 2. The number of hydrogen-bond donors (Lipinski definition) is 1. The van der Waals surface area contributed by atoms with Crippen molar-refractivity contribution in [2.75, 3.05) is 5.32 Å². The lowest BCUT2D eigenvalue weighted by Crippen LogP contribution is -2.32. The number of hydrogen-bond acceptors (Lipinski definition) is 3. The molecule has 0 aliphatic carbocycles. The Hall–Kier alpha value is -1.36. The Morgan fingerprint density at radius 2 is 2.05 bits per heavy atom. The van der Waals surface area contributed by atoms with Gasteiger partial charge < -0.3 is 5.32 Å². The molecule has 4 nitrogen and oxygen atoms in total. The normalized spacial score (nSPS) is 11.8. The van der Waals surface area contributed by atoms with Gasteiger partial charge in [0.05, 0.1) is 10.9 Å². The number of fused-ring (bicyclic) bond motifs is 1. The maximum atomic E-state index is 12.5. The van der Waals surface area contributed by atoms with Gasteiger partial charge in [0.25, 0.3) is 5.56 Å². The highest BCUT2D eigenvalue weighted by Gasteiger charge is 2.16. The lowest BCUT2D eigenvalue weighted by molar-refractivity contribution is 0.605. The van der Waals surface area contributed by atoms with Crippen molar-refractivity contribution in [1.82, 2.24) is 9.55 Å². The Morgan fingerprint density at radius 1 is 1.37 bits per heavy atom. The molecule has 0 fully saturated rings. The maximum Gasteiger partial charge on any atom is 0.262 e. The largest absolute Gasteiger partial charge is 0.351 e. The predicted octanol–water partition coefficient (Wildman–Crippen LogP) is 3.39. The average molecular weight is 324 g/mol. The molecule has 102 valence electrons. The summed E-state index contributed by atoms with van der Waals surface area (Å²) in [4.78, 5) is 17.1. The fourth-order valence-corrected chi connectivity index (χ4v) is 2.39. The molecule has 0 aliphatic rings. The first-order valence-corrected chi connectivity index (χ1v) is 7.10. The van der Waals surface area contributed by atoms with Crippen LogP contribution in [0.25, 0.3) is 10.9 Å². The van der Waals surface area contributed by atoms with Gasteiger partial charge in [0.1, 0.15) is 0 Å². The molecular formula is C14H18BrN3O. The summed E-state index contributed by atoms with van der Waals surface area (Å²) in [7, 11) is 0. The van der Waals surface area contributed by atoms with E-state index in [4.69, 9.17) is 0 Å². The van der Waals surface area contributed by atoms with Crippen LogP contribution in [0.3, 0.4) is 0 Å². The van der Waals surface area contributed by atoms with Crippen LogP contribution < -0.4 is 10.9 Å². The summed E-state index contributed by atoms with van der Waals surface area (Å²) in [5, 5.41) is 3.93. The van der Waals surface area contributed by atoms with Crippen LogP contribution in [0.2, 0.25) is 0 Å². The summed E-state index contributed by atoms with van der Waals surface area (Å²) in [5.41, 5.74) is 0.537. The summed E-state index contributed by atoms with van der Waals surface area (Å²) >= 11 is 3.45. The van der Waals surface area contributed by atoms with Gasteiger partial charge in [-0.1, -0.05) is 6.07 Å². The van der Waals surface area contributed by atoms with Crippen LogP contribution in [0.1, 0.15) is 27.7 Å². The van der Waals surface area contributed by atoms with Crippen molar-refractivity contribution < 1.29 is 0 Å². The van der Waals surface area contributed by atoms with Crippen LogP contribution in [0, 0.1) is 0 Å². The average Bonchev–Trinajstić information content (AvgIpc) is 2.29. The van der Waals surface area contributed by atoms with Crippen molar-refractivity contribution in [1.29, 1.82) is 0 Å². The topological polar surface area (TPSA) is 46.9 Å². The number of para-hydroxylation sites is 1. The van der Waals surface area contributed by atoms with Gasteiger partial charge in [-0.05, 0) is 55.8 Å². The summed E-state index contributed by atoms with van der Waals surface area (Å²) in [5.74, 6) is 0.611. The molecule has 0 unspecified atom stereocenters. The third kappa shape index (κ3) is 2.81. The minimum atomic E-state index is -0.148. The molecule has 19 heavy (non-hydrogen) atoms. The molecule has 0 radical (unpaired) electrons. The molecule has 1 N–H and O–H groups in total. The lowest BCUT2D eigenvalue weighted by atomic mass is 10.1. The molecule has 1 aromatic heterocycles. The van der Waals surface area contributed by atoms with Gasteiger partial charge in [0.15, 0.2) is 0 Å². The molecule has 1 heterocycles. The van der Waals surface area contributed by atoms with E-state index in [9.17, 15) is 4.79 Å². The summed E-state index contributed by atoms with van der Waals surface area (Å²) in [6, 6.07) is 5.56. The number of nitrogens with one attached hydrogen (secondary N) is 1. The van der Waals surface area contributed by atoms with Gasteiger partial charge in [0, 0.05) is 16.6 Å². The van der Waals surface area contributed by atoms with Crippen molar-refractivity contribution in [2.45, 2.75) is 39.8 Å². The van der Waals surface area contributed by atoms with Crippen LogP contribution >= 0.6 is 15.9 Å². The molecule has 5 heteroatoms. The van der Waals surface area contributed by atoms with Crippen LogP contribution in [-0.2, 0) is 6.54 Å². The summed E-state index contributed by atoms with van der Waals surface area (Å²) < 4.78 is 2.50. The summed E-state index contributed by atoms with van der Waals surface area (Å²) in [6.45, 7) is 8.67. The lowest BCUT2D eigenvalue weighted by Gasteiger charge is -2.23. The molecular weight excluding hydrogens is 306 g/mol. The molecule has 0 saturated carbocycles. The van der Waals surface area contributed by atoms with Crippen LogP contribution in [0.5, 0.6) is 0 Å². The molecule has 0 aliphatic heterocycles. The highest BCUT2D eigenvalue weighted by atomic mass is 79.9. The number of benzene rings is 1. The third-order valence-electron chi connectivity index (χ3n) is 2.74. The van der Waals surface area contributed by atoms with Crippen LogP contribution in [0.15, 0.2) is 27.5 Å². The fraction of sp³-hybridized carbons (Fsp3) is 0.429. The van der Waals surface area contributed by atoms with Crippen molar-refractivity contribution >= 4 is 32.8 Å². The zero-order chi connectivity index (χ0) is 14.2. The molecule has 2 aromatic rings. The van der Waals surface area contributed by atoms with E-state index in [1.165, 1.54) is 0 Å². The molecule has 0 bridgehead atoms. The molecule has 2 rings (SSSR count). The second-order valence-corrected chi connectivity index (χ2v) is 6.35. The monoisotopic (exact) mass is 323 g/mol. The minimum absolute atomic E-state index is 0.0134. The van der Waals surface area contributed by atoms with E-state index in [0.29, 0.717) is 23.4 Å². The highest BCUT2D eigenvalue weighted by molar-refractivity contribution is 9.10. The quantitative estimate of drug-likeness (QED) is 0.921. The highest BCUT2D eigenvalue weighted by Crippen LogP contribution is 2.22. The van der Waals surface area contributed by atoms with Crippen molar-refractivity contribution in [3.63, 3.8) is 0 Å². The van der Waals surface area contributed by atoms with Gasteiger partial charge in [-0.3, -0.25) is 9.36 Å². The van der Waals surface area contributed by atoms with Crippen LogP contribution in [0.4, 0.5) is 5.95 Å². The minimum Gasteiger partial charge on any atom is -0.351 e. The van der Waals surface area contributed by atoms with E-state index in [1.807, 2.05) is 45.9 Å². The van der Waals surface area contributed by atoms with Crippen molar-refractivity contribution in [3.8, 4) is 0 Å². The second-order valence-electron chi connectivity index (χ2n) is 5.50. The van der Waals surface area contributed by atoms with Crippen molar-refractivity contribution in [2.24, 2.45) is 0 Å². The Kier molecular flexibility index (Phi) is 3.67. The van der Waals surface area contributed by atoms with E-state index in [2.05, 4.69) is 26.2 Å². The standard InChI is InChI=1S/C14H18BrN3O/c1-5-18-12(19)9-7-6-8-10(15)11(9)16-13(18)17-14(2,3)4/h6-8H,5H2,1-4H3,(H,16,17). The zero-order valence-corrected chi connectivity index (χ0v) is 13.2. The number of anilines is 1. The SMILES string of the molecule is CCn1c(NC(C)(C)C)nc2c(Br)cccc2c1=O. The van der Waals surface area contributed by atoms with E-state index in [-0.39, 0.29) is 11.1 Å². The van der Waals surface area contributed by atoms with E-state index in [0.717, 1.165) is 4.47 Å². The maximum absolute atomic E-state index is 12.5. The van der Waals surface area contributed by atoms with Gasteiger partial charge in [-0.25, -0.2) is 4.98 Å². The first kappa shape index (κ1) is 14.1. The second kappa shape index (κ2) is 4.96. The van der Waals surface area contributed by atoms with Crippen molar-refractivity contribution in [3.05, 3.63) is 33.0 Å². The first-order chi connectivity index (χ1) is 8.83. The third-order valence-corrected chi connectivity index (χ3v) is 3.38. The molecule has 1 aromatic carbocycles. The Labute approximate surface area is 121 Å². The van der Waals surface area contributed by atoms with Gasteiger partial charge in [0.2, 0.25) is 5.95 Å². The molecule has 0 saturated heterocycles. The number of halogens is 1. The van der Waals surface area contributed by atoms with Gasteiger partial charge >= 0.3 is 0 Å². The number of nitrogens with zero attached hydrogens (tertiary/aromatic N) is 2. The van der Waals surface area contributed by atoms with Crippen LogP contribution in [-0.4, -0.2) is 15.1 Å². The zero-order valence-electron chi connectivity index (χ0n) is 11.6. The molecule has 0 spiro atoms. The predicted molar refractivity (Wildman–Crippen MR) is 82.8 cm³/mol. The van der Waals surface area contributed by atoms with Gasteiger partial charge in [-0.2, -0.15) is 0 Å². The number of rotatable bonds is 2. The summed E-state index contributed by atoms with van der Waals surface area (Å²) in [6.07, 6.45) is 0. The fourth-order valence-electron chi connectivity index (χ4n) is 1.93. The molecule has 0 amide bonds. The van der Waals surface area contributed by atoms with E-state index in [1.54, 1.807) is 4.57 Å². The van der Waals surface area contributed by atoms with Gasteiger partial charge in [-0.15, -0.1) is 0 Å². The Bertz CT molecular complexity index is 671. The molecule has 0 atom stereocenters. The Morgan fingerprint density at radius 3 is 2.63 bits per heavy atom. The Balaban J connectivity index is 2.77. The van der Waals surface area contributed by atoms with E-state index >= 15 is 0 Å².